The summed E-state index contributed by atoms with van der Waals surface area (Å²) in [7, 11) is 0. The first kappa shape index (κ1) is 21.5. The van der Waals surface area contributed by atoms with Crippen molar-refractivity contribution in [2.45, 2.75) is 19.9 Å². The predicted octanol–water partition coefficient (Wildman–Crippen LogP) is 6.06. The standard InChI is InChI=1S/C27H26N6O/c1-2-16-33(18-19-8-4-3-5-9-19)27(34)30-20-12-13-21-24(17-20)32-26(23-11-7-15-29-23)25(31-21)22-10-6-14-28-22/h3-15,17,28-29H,2,16,18H2,1H3,(H,30,34). The smallest absolute Gasteiger partial charge is 0.322 e. The van der Waals surface area contributed by atoms with Gasteiger partial charge in [-0.15, -0.1) is 0 Å². The van der Waals surface area contributed by atoms with Crippen LogP contribution in [0.15, 0.2) is 85.2 Å². The molecule has 34 heavy (non-hydrogen) atoms. The summed E-state index contributed by atoms with van der Waals surface area (Å²) < 4.78 is 0. The Labute approximate surface area is 197 Å². The minimum absolute atomic E-state index is 0.134. The molecule has 0 aliphatic rings. The molecule has 3 N–H and O–H groups in total. The van der Waals surface area contributed by atoms with Crippen LogP contribution < -0.4 is 5.32 Å². The van der Waals surface area contributed by atoms with E-state index in [1.54, 1.807) is 0 Å². The van der Waals surface area contributed by atoms with E-state index in [1.807, 2.05) is 90.1 Å². The summed E-state index contributed by atoms with van der Waals surface area (Å²) in [5.41, 5.74) is 6.55. The average Bonchev–Trinajstić information content (AvgIpc) is 3.58. The van der Waals surface area contributed by atoms with Crippen LogP contribution in [0.3, 0.4) is 0 Å². The highest BCUT2D eigenvalue weighted by Gasteiger charge is 2.17. The van der Waals surface area contributed by atoms with Gasteiger partial charge in [-0.2, -0.15) is 0 Å². The van der Waals surface area contributed by atoms with Gasteiger partial charge in [0, 0.05) is 31.2 Å². The lowest BCUT2D eigenvalue weighted by Gasteiger charge is -2.23. The highest BCUT2D eigenvalue weighted by molar-refractivity contribution is 5.93. The zero-order valence-corrected chi connectivity index (χ0v) is 19.0. The second-order valence-electron chi connectivity index (χ2n) is 8.13. The molecule has 0 bridgehead atoms. The zero-order chi connectivity index (χ0) is 23.3. The van der Waals surface area contributed by atoms with E-state index in [1.165, 1.54) is 0 Å². The molecule has 7 heteroatoms. The molecule has 0 saturated heterocycles. The van der Waals surface area contributed by atoms with Crippen molar-refractivity contribution in [2.75, 3.05) is 11.9 Å². The van der Waals surface area contributed by atoms with Crippen molar-refractivity contribution >= 4 is 22.8 Å². The van der Waals surface area contributed by atoms with Gasteiger partial charge in [0.05, 0.1) is 22.4 Å². The molecular formula is C27H26N6O. The molecule has 170 valence electrons. The van der Waals surface area contributed by atoms with Crippen LogP contribution in [0.1, 0.15) is 18.9 Å². The van der Waals surface area contributed by atoms with Crippen molar-refractivity contribution in [1.29, 1.82) is 0 Å². The van der Waals surface area contributed by atoms with Crippen LogP contribution in [0.2, 0.25) is 0 Å². The maximum Gasteiger partial charge on any atom is 0.322 e. The Morgan fingerprint density at radius 1 is 0.853 bits per heavy atom. The Bertz CT molecular complexity index is 1380. The molecule has 0 radical (unpaired) electrons. The van der Waals surface area contributed by atoms with E-state index in [2.05, 4.69) is 22.2 Å². The maximum absolute atomic E-state index is 13.1. The Morgan fingerprint density at radius 3 is 2.15 bits per heavy atom. The van der Waals surface area contributed by atoms with Gasteiger partial charge in [-0.05, 0) is 54.4 Å². The monoisotopic (exact) mass is 450 g/mol. The number of hydrogen-bond donors (Lipinski definition) is 3. The molecule has 5 aromatic rings. The van der Waals surface area contributed by atoms with Gasteiger partial charge in [-0.25, -0.2) is 14.8 Å². The fourth-order valence-corrected chi connectivity index (χ4v) is 3.99. The third-order valence-corrected chi connectivity index (χ3v) is 5.62. The SMILES string of the molecule is CCCN(Cc1ccccc1)C(=O)Nc1ccc2nc(-c3ccc[nH]3)c(-c3ccc[nH]3)nc2c1. The van der Waals surface area contributed by atoms with E-state index < -0.39 is 0 Å². The van der Waals surface area contributed by atoms with Crippen LogP contribution in [0, 0.1) is 0 Å². The summed E-state index contributed by atoms with van der Waals surface area (Å²) in [5.74, 6) is 0. The number of fused-ring (bicyclic) bond motifs is 1. The number of aromatic nitrogens is 4. The lowest BCUT2D eigenvalue weighted by molar-refractivity contribution is 0.209. The molecule has 0 aliphatic carbocycles. The molecule has 2 amide bonds. The average molecular weight is 451 g/mol. The second-order valence-corrected chi connectivity index (χ2v) is 8.13. The highest BCUT2D eigenvalue weighted by Crippen LogP contribution is 2.30. The first-order valence-electron chi connectivity index (χ1n) is 11.4. The molecule has 0 aliphatic heterocycles. The van der Waals surface area contributed by atoms with Crippen LogP contribution in [-0.4, -0.2) is 37.4 Å². The summed E-state index contributed by atoms with van der Waals surface area (Å²) in [6.45, 7) is 3.30. The Balaban J connectivity index is 1.45. The quantitative estimate of drug-likeness (QED) is 0.281. The van der Waals surface area contributed by atoms with Crippen LogP contribution in [-0.2, 0) is 6.54 Å². The minimum atomic E-state index is -0.134. The lowest BCUT2D eigenvalue weighted by Crippen LogP contribution is -2.35. The molecule has 7 nitrogen and oxygen atoms in total. The van der Waals surface area contributed by atoms with Gasteiger partial charge in [0.1, 0.15) is 11.4 Å². The van der Waals surface area contributed by atoms with Gasteiger partial charge in [0.2, 0.25) is 0 Å². The number of nitrogens with zero attached hydrogens (tertiary/aromatic N) is 3. The summed E-state index contributed by atoms with van der Waals surface area (Å²) >= 11 is 0. The van der Waals surface area contributed by atoms with E-state index in [9.17, 15) is 4.79 Å². The number of amides is 2. The number of benzene rings is 2. The molecule has 0 atom stereocenters. The summed E-state index contributed by atoms with van der Waals surface area (Å²) in [6.07, 6.45) is 4.62. The first-order valence-corrected chi connectivity index (χ1v) is 11.4. The number of aromatic amines is 2. The summed E-state index contributed by atoms with van der Waals surface area (Å²) in [4.78, 5) is 31.1. The number of urea groups is 1. The Kier molecular flexibility index (Phi) is 6.07. The third kappa shape index (κ3) is 4.54. The molecule has 0 fully saturated rings. The third-order valence-electron chi connectivity index (χ3n) is 5.62. The fourth-order valence-electron chi connectivity index (χ4n) is 3.99. The normalized spacial score (nSPS) is 11.0. The Hall–Kier alpha value is -4.39. The number of anilines is 1. The molecule has 5 rings (SSSR count). The summed E-state index contributed by atoms with van der Waals surface area (Å²) in [5, 5.41) is 3.04. The Morgan fingerprint density at radius 2 is 1.53 bits per heavy atom. The second kappa shape index (κ2) is 9.62. The number of hydrogen-bond acceptors (Lipinski definition) is 3. The maximum atomic E-state index is 13.1. The van der Waals surface area contributed by atoms with Gasteiger partial charge in [-0.3, -0.25) is 0 Å². The van der Waals surface area contributed by atoms with E-state index in [-0.39, 0.29) is 6.03 Å². The van der Waals surface area contributed by atoms with Crippen LogP contribution >= 0.6 is 0 Å². The largest absolute Gasteiger partial charge is 0.360 e. The van der Waals surface area contributed by atoms with Gasteiger partial charge >= 0.3 is 6.03 Å². The van der Waals surface area contributed by atoms with E-state index >= 15 is 0 Å². The van der Waals surface area contributed by atoms with E-state index in [0.29, 0.717) is 24.3 Å². The molecule has 3 heterocycles. The number of carbonyl (C=O) groups excluding carboxylic acids is 1. The number of nitrogens with one attached hydrogen (secondary N) is 3. The topological polar surface area (TPSA) is 89.7 Å². The fraction of sp³-hybridized carbons (Fsp3) is 0.148. The van der Waals surface area contributed by atoms with Crippen LogP contribution in [0.25, 0.3) is 33.8 Å². The molecule has 0 saturated carbocycles. The summed E-state index contributed by atoms with van der Waals surface area (Å²) in [6, 6.07) is 23.4. The van der Waals surface area contributed by atoms with Crippen molar-refractivity contribution in [1.82, 2.24) is 24.8 Å². The highest BCUT2D eigenvalue weighted by atomic mass is 16.2. The van der Waals surface area contributed by atoms with Crippen LogP contribution in [0.5, 0.6) is 0 Å². The molecule has 0 spiro atoms. The van der Waals surface area contributed by atoms with Crippen molar-refractivity contribution in [3.05, 3.63) is 90.8 Å². The van der Waals surface area contributed by atoms with E-state index in [0.717, 1.165) is 40.3 Å². The van der Waals surface area contributed by atoms with Crippen molar-refractivity contribution in [3.63, 3.8) is 0 Å². The van der Waals surface area contributed by atoms with Gasteiger partial charge in [0.15, 0.2) is 0 Å². The van der Waals surface area contributed by atoms with Crippen LogP contribution in [0.4, 0.5) is 10.5 Å². The first-order chi connectivity index (χ1) is 16.7. The number of carbonyl (C=O) groups is 1. The van der Waals surface area contributed by atoms with Gasteiger partial charge in [0.25, 0.3) is 0 Å². The molecule has 0 unspecified atom stereocenters. The van der Waals surface area contributed by atoms with Gasteiger partial charge < -0.3 is 20.2 Å². The van der Waals surface area contributed by atoms with Crippen molar-refractivity contribution in [3.8, 4) is 22.8 Å². The number of rotatable bonds is 7. The molecule has 3 aromatic heterocycles. The van der Waals surface area contributed by atoms with Crippen molar-refractivity contribution in [2.24, 2.45) is 0 Å². The predicted molar refractivity (Wildman–Crippen MR) is 135 cm³/mol. The van der Waals surface area contributed by atoms with Gasteiger partial charge in [-0.1, -0.05) is 37.3 Å². The van der Waals surface area contributed by atoms with E-state index in [4.69, 9.17) is 9.97 Å². The lowest BCUT2D eigenvalue weighted by atomic mass is 10.1. The molecular weight excluding hydrogens is 424 g/mol. The number of H-pyrrole nitrogens is 2. The minimum Gasteiger partial charge on any atom is -0.360 e. The zero-order valence-electron chi connectivity index (χ0n) is 19.0. The van der Waals surface area contributed by atoms with Crippen molar-refractivity contribution < 1.29 is 4.79 Å². The molecule has 2 aromatic carbocycles.